The summed E-state index contributed by atoms with van der Waals surface area (Å²) in [7, 11) is 0. The molecule has 0 aliphatic heterocycles. The van der Waals surface area contributed by atoms with Crippen LogP contribution in [0.4, 0.5) is 11.4 Å². The van der Waals surface area contributed by atoms with E-state index in [2.05, 4.69) is 59.2 Å². The number of benzene rings is 2. The number of hydrogen-bond donors (Lipinski definition) is 2. The van der Waals surface area contributed by atoms with Gasteiger partial charge in [0.1, 0.15) is 0 Å². The quantitative estimate of drug-likeness (QED) is 0.290. The minimum absolute atomic E-state index is 0. The van der Waals surface area contributed by atoms with Gasteiger partial charge in [-0.2, -0.15) is 0 Å². The first-order valence-corrected chi connectivity index (χ1v) is 14.7. The van der Waals surface area contributed by atoms with Crippen molar-refractivity contribution < 1.29 is 24.8 Å². The minimum Gasteiger partial charge on any atom is -1.00 e. The molecule has 4 aromatic rings. The van der Waals surface area contributed by atoms with E-state index in [-0.39, 0.29) is 24.8 Å². The Morgan fingerprint density at radius 1 is 0.513 bits per heavy atom. The second kappa shape index (κ2) is 14.2. The molecular formula is C33H40Cl2N4-2. The maximum absolute atomic E-state index is 4.98. The number of halogens is 2. The average molecular weight is 564 g/mol. The molecule has 6 rings (SSSR count). The number of fused-ring (bicyclic) bond motifs is 4. The minimum atomic E-state index is 0. The van der Waals surface area contributed by atoms with E-state index in [0.717, 1.165) is 37.0 Å². The van der Waals surface area contributed by atoms with Gasteiger partial charge in [0.25, 0.3) is 0 Å². The fraction of sp³-hybridized carbons (Fsp3) is 0.455. The van der Waals surface area contributed by atoms with Crippen molar-refractivity contribution >= 4 is 33.2 Å². The Bertz CT molecular complexity index is 1280. The zero-order chi connectivity index (χ0) is 24.9. The molecule has 0 unspecified atom stereocenters. The third-order valence-electron chi connectivity index (χ3n) is 8.30. The summed E-state index contributed by atoms with van der Waals surface area (Å²) in [5.74, 6) is 0. The van der Waals surface area contributed by atoms with Gasteiger partial charge in [0.2, 0.25) is 0 Å². The summed E-state index contributed by atoms with van der Waals surface area (Å²) in [4.78, 5) is 9.95. The first-order valence-electron chi connectivity index (χ1n) is 14.7. The summed E-state index contributed by atoms with van der Waals surface area (Å²) in [5, 5.41) is 10.2. The standard InChI is InChI=1S/C33H40N4.2ClH/c1(2-12-22-34-32-24-14-4-8-18-28(24)36-29-19-9-5-15-25(29)32)3-13-23-35-33-26-16-6-10-20-30(26)37-31-21-11-7-17-27(31)33;;/h4,6,8,10,14,16,18,20H,1-3,5,7,9,11-13,15,17,19,21-23H2,(H,34,36)(H,35,37);2*1H/p-2. The zero-order valence-electron chi connectivity index (χ0n) is 22.9. The highest BCUT2D eigenvalue weighted by Gasteiger charge is 2.19. The van der Waals surface area contributed by atoms with Crippen molar-refractivity contribution in [2.75, 3.05) is 23.7 Å². The Kier molecular flexibility index (Phi) is 10.7. The van der Waals surface area contributed by atoms with E-state index in [1.165, 1.54) is 115 Å². The van der Waals surface area contributed by atoms with Crippen molar-refractivity contribution in [2.24, 2.45) is 0 Å². The maximum Gasteiger partial charge on any atom is 0.0726 e. The number of aryl methyl sites for hydroxylation is 2. The van der Waals surface area contributed by atoms with Gasteiger partial charge in [-0.25, -0.2) is 0 Å². The lowest BCUT2D eigenvalue weighted by atomic mass is 9.92. The van der Waals surface area contributed by atoms with Crippen LogP contribution in [-0.2, 0) is 25.7 Å². The Balaban J connectivity index is 0.00000176. The van der Waals surface area contributed by atoms with E-state index in [0.29, 0.717) is 0 Å². The van der Waals surface area contributed by atoms with Crippen molar-refractivity contribution in [3.8, 4) is 0 Å². The molecule has 2 aliphatic carbocycles. The molecule has 208 valence electrons. The molecule has 0 atom stereocenters. The molecular weight excluding hydrogens is 523 g/mol. The predicted octanol–water partition coefficient (Wildman–Crippen LogP) is 2.02. The lowest BCUT2D eigenvalue weighted by Gasteiger charge is -2.22. The van der Waals surface area contributed by atoms with Crippen LogP contribution >= 0.6 is 0 Å². The van der Waals surface area contributed by atoms with Gasteiger partial charge in [-0.1, -0.05) is 55.7 Å². The molecule has 0 spiro atoms. The zero-order valence-corrected chi connectivity index (χ0v) is 24.4. The molecule has 2 aliphatic rings. The van der Waals surface area contributed by atoms with Gasteiger partial charge < -0.3 is 35.4 Å². The molecule has 0 bridgehead atoms. The van der Waals surface area contributed by atoms with E-state index in [4.69, 9.17) is 9.97 Å². The summed E-state index contributed by atoms with van der Waals surface area (Å²) in [6, 6.07) is 17.3. The molecule has 0 saturated carbocycles. The first-order chi connectivity index (χ1) is 18.4. The average Bonchev–Trinajstić information content (AvgIpc) is 2.95. The van der Waals surface area contributed by atoms with Gasteiger partial charge in [-0.15, -0.1) is 0 Å². The number of aromatic nitrogens is 2. The predicted molar refractivity (Wildman–Crippen MR) is 157 cm³/mol. The molecule has 6 heteroatoms. The van der Waals surface area contributed by atoms with Gasteiger partial charge >= 0.3 is 0 Å². The van der Waals surface area contributed by atoms with Crippen molar-refractivity contribution in [3.63, 3.8) is 0 Å². The normalized spacial score (nSPS) is 14.2. The highest BCUT2D eigenvalue weighted by Crippen LogP contribution is 2.34. The maximum atomic E-state index is 4.98. The number of para-hydroxylation sites is 2. The summed E-state index contributed by atoms with van der Waals surface area (Å²) in [6.07, 6.45) is 16.0. The summed E-state index contributed by atoms with van der Waals surface area (Å²) >= 11 is 0. The highest BCUT2D eigenvalue weighted by molar-refractivity contribution is 5.94. The molecule has 2 N–H and O–H groups in total. The molecule has 4 nitrogen and oxygen atoms in total. The Morgan fingerprint density at radius 3 is 1.41 bits per heavy atom. The van der Waals surface area contributed by atoms with E-state index in [9.17, 15) is 0 Å². The largest absolute Gasteiger partial charge is 1.00 e. The van der Waals surface area contributed by atoms with Gasteiger partial charge in [0, 0.05) is 46.6 Å². The SMILES string of the molecule is [Cl-].[Cl-].c1ccc2c(NCCCCCCCNc3c4c(nc5ccccc35)CCCC4)c3c(nc2c1)CCCC3. The third kappa shape index (κ3) is 6.61. The van der Waals surface area contributed by atoms with E-state index in [1.54, 1.807) is 0 Å². The van der Waals surface area contributed by atoms with Crippen molar-refractivity contribution in [1.29, 1.82) is 0 Å². The molecule has 2 aromatic carbocycles. The second-order valence-corrected chi connectivity index (χ2v) is 10.9. The van der Waals surface area contributed by atoms with Crippen molar-refractivity contribution in [3.05, 3.63) is 71.0 Å². The first kappa shape index (κ1) is 29.4. The number of hydrogen-bond acceptors (Lipinski definition) is 4. The van der Waals surface area contributed by atoms with Crippen molar-refractivity contribution in [1.82, 2.24) is 9.97 Å². The second-order valence-electron chi connectivity index (χ2n) is 10.9. The number of rotatable bonds is 10. The van der Waals surface area contributed by atoms with Gasteiger partial charge in [0.15, 0.2) is 0 Å². The summed E-state index contributed by atoms with van der Waals surface area (Å²) < 4.78 is 0. The molecule has 0 saturated heterocycles. The lowest BCUT2D eigenvalue weighted by molar-refractivity contribution is -0.00100. The number of nitrogens with zero attached hydrogens (tertiary/aromatic N) is 2. The number of unbranched alkanes of at least 4 members (excludes halogenated alkanes) is 4. The van der Waals surface area contributed by atoms with Crippen LogP contribution in [0.25, 0.3) is 21.8 Å². The van der Waals surface area contributed by atoms with Crippen LogP contribution in [0.1, 0.15) is 80.3 Å². The Morgan fingerprint density at radius 2 is 0.923 bits per heavy atom. The molecule has 0 fully saturated rings. The van der Waals surface area contributed by atoms with E-state index >= 15 is 0 Å². The van der Waals surface area contributed by atoms with Gasteiger partial charge in [-0.05, 0) is 87.5 Å². The number of pyridine rings is 2. The van der Waals surface area contributed by atoms with Crippen LogP contribution in [0.3, 0.4) is 0 Å². The molecule has 0 radical (unpaired) electrons. The fourth-order valence-electron chi connectivity index (χ4n) is 6.36. The van der Waals surface area contributed by atoms with Gasteiger partial charge in [0.05, 0.1) is 11.0 Å². The van der Waals surface area contributed by atoms with E-state index < -0.39 is 0 Å². The molecule has 39 heavy (non-hydrogen) atoms. The Labute approximate surface area is 245 Å². The topological polar surface area (TPSA) is 49.8 Å². The van der Waals surface area contributed by atoms with Crippen LogP contribution < -0.4 is 35.4 Å². The van der Waals surface area contributed by atoms with Crippen LogP contribution in [-0.4, -0.2) is 23.1 Å². The highest BCUT2D eigenvalue weighted by atomic mass is 35.5. The Hall–Kier alpha value is -2.56. The third-order valence-corrected chi connectivity index (χ3v) is 8.30. The van der Waals surface area contributed by atoms with Crippen LogP contribution in [0.2, 0.25) is 0 Å². The number of anilines is 2. The summed E-state index contributed by atoms with van der Waals surface area (Å²) in [5.41, 5.74) is 10.6. The summed E-state index contributed by atoms with van der Waals surface area (Å²) in [6.45, 7) is 2.10. The smallest absolute Gasteiger partial charge is 0.0726 e. The van der Waals surface area contributed by atoms with Crippen molar-refractivity contribution in [2.45, 2.75) is 83.5 Å². The lowest BCUT2D eigenvalue weighted by Crippen LogP contribution is -3.00. The number of nitrogens with one attached hydrogen (secondary N) is 2. The monoisotopic (exact) mass is 562 g/mol. The molecule has 2 aromatic heterocycles. The molecule has 2 heterocycles. The van der Waals surface area contributed by atoms with Crippen LogP contribution in [0, 0.1) is 0 Å². The van der Waals surface area contributed by atoms with Crippen LogP contribution in [0.15, 0.2) is 48.5 Å². The molecule has 0 amide bonds. The fourth-order valence-corrected chi connectivity index (χ4v) is 6.36. The van der Waals surface area contributed by atoms with Crippen LogP contribution in [0.5, 0.6) is 0 Å². The van der Waals surface area contributed by atoms with Gasteiger partial charge in [-0.3, -0.25) is 9.97 Å². The van der Waals surface area contributed by atoms with E-state index in [1.807, 2.05) is 0 Å².